The molecule has 0 aromatic heterocycles. The van der Waals surface area contributed by atoms with Crippen LogP contribution in [0.3, 0.4) is 0 Å². The van der Waals surface area contributed by atoms with Crippen molar-refractivity contribution in [2.45, 2.75) is 13.2 Å². The van der Waals surface area contributed by atoms with E-state index in [9.17, 15) is 0 Å². The average molecular weight is 379 g/mol. The molecular weight excluding hydrogens is 360 g/mol. The lowest BCUT2D eigenvalue weighted by Crippen LogP contribution is -1.94. The first kappa shape index (κ1) is 16.7. The molecule has 0 fully saturated rings. The highest BCUT2D eigenvalue weighted by atomic mass is 79.9. The van der Waals surface area contributed by atoms with Crippen molar-refractivity contribution in [2.75, 3.05) is 0 Å². The van der Waals surface area contributed by atoms with Crippen molar-refractivity contribution < 1.29 is 4.74 Å². The van der Waals surface area contributed by atoms with Crippen molar-refractivity contribution in [1.82, 2.24) is 0 Å². The van der Waals surface area contributed by atoms with Gasteiger partial charge in [-0.2, -0.15) is 0 Å². The van der Waals surface area contributed by atoms with E-state index in [4.69, 9.17) is 4.74 Å². The molecule has 0 aliphatic carbocycles. The molecule has 120 valence electrons. The minimum absolute atomic E-state index is 0.615. The van der Waals surface area contributed by atoms with Crippen LogP contribution < -0.4 is 0 Å². The zero-order valence-electron chi connectivity index (χ0n) is 13.4. The first-order chi connectivity index (χ1) is 11.7. The zero-order chi connectivity index (χ0) is 16.8. The number of halogens is 1. The van der Waals surface area contributed by atoms with Crippen LogP contribution >= 0.6 is 15.9 Å². The van der Waals surface area contributed by atoms with E-state index in [0.717, 1.165) is 10.0 Å². The van der Waals surface area contributed by atoms with Gasteiger partial charge in [-0.1, -0.05) is 89.2 Å². The van der Waals surface area contributed by atoms with Gasteiger partial charge in [0.15, 0.2) is 0 Å². The van der Waals surface area contributed by atoms with Crippen LogP contribution in [0.1, 0.15) is 16.7 Å². The van der Waals surface area contributed by atoms with Crippen molar-refractivity contribution in [3.8, 4) is 11.1 Å². The second-order valence-corrected chi connectivity index (χ2v) is 6.56. The summed E-state index contributed by atoms with van der Waals surface area (Å²) in [6.07, 6.45) is 1.84. The molecule has 1 nitrogen and oxygen atoms in total. The van der Waals surface area contributed by atoms with Crippen molar-refractivity contribution >= 4 is 22.0 Å². The quantitative estimate of drug-likeness (QED) is 0.477. The van der Waals surface area contributed by atoms with Crippen LogP contribution in [0.2, 0.25) is 0 Å². The van der Waals surface area contributed by atoms with Gasteiger partial charge in [-0.05, 0) is 39.9 Å². The smallest absolute Gasteiger partial charge is 0.0721 e. The summed E-state index contributed by atoms with van der Waals surface area (Å²) in [7, 11) is 0. The molecule has 3 aromatic rings. The standard InChI is InChI=1S/C22H19BrO/c1-2-17-3-5-18(6-4-17)15-24-16-19-7-9-20(10-8-19)21-11-13-22(23)14-12-21/h2-14H,1,15-16H2. The second kappa shape index (κ2) is 8.09. The second-order valence-electron chi connectivity index (χ2n) is 5.64. The van der Waals surface area contributed by atoms with Crippen LogP contribution in [0, 0.1) is 0 Å². The minimum atomic E-state index is 0.615. The maximum Gasteiger partial charge on any atom is 0.0721 e. The van der Waals surface area contributed by atoms with E-state index in [1.165, 1.54) is 22.3 Å². The third-order valence-electron chi connectivity index (χ3n) is 3.88. The van der Waals surface area contributed by atoms with Crippen molar-refractivity contribution in [2.24, 2.45) is 0 Å². The number of benzene rings is 3. The molecule has 0 aliphatic heterocycles. The maximum absolute atomic E-state index is 5.81. The molecule has 3 rings (SSSR count). The summed E-state index contributed by atoms with van der Waals surface area (Å²) in [4.78, 5) is 0. The normalized spacial score (nSPS) is 10.5. The summed E-state index contributed by atoms with van der Waals surface area (Å²) in [5.41, 5.74) is 5.91. The van der Waals surface area contributed by atoms with E-state index in [0.29, 0.717) is 13.2 Å². The van der Waals surface area contributed by atoms with E-state index in [2.05, 4.69) is 95.3 Å². The van der Waals surface area contributed by atoms with Gasteiger partial charge in [-0.25, -0.2) is 0 Å². The summed E-state index contributed by atoms with van der Waals surface area (Å²) in [5, 5.41) is 0. The van der Waals surface area contributed by atoms with Crippen LogP contribution in [0.25, 0.3) is 17.2 Å². The Hall–Kier alpha value is -2.16. The number of ether oxygens (including phenoxy) is 1. The predicted octanol–water partition coefficient (Wildman–Crippen LogP) is 6.48. The Bertz CT molecular complexity index is 787. The van der Waals surface area contributed by atoms with E-state index in [1.807, 2.05) is 6.08 Å². The molecule has 0 unspecified atom stereocenters. The molecule has 3 aromatic carbocycles. The van der Waals surface area contributed by atoms with Crippen LogP contribution in [0.5, 0.6) is 0 Å². The lowest BCUT2D eigenvalue weighted by Gasteiger charge is -2.07. The van der Waals surface area contributed by atoms with E-state index in [1.54, 1.807) is 0 Å². The molecule has 0 spiro atoms. The molecule has 0 N–H and O–H groups in total. The lowest BCUT2D eigenvalue weighted by molar-refractivity contribution is 0.107. The van der Waals surface area contributed by atoms with Crippen molar-refractivity contribution in [3.05, 3.63) is 101 Å². The maximum atomic E-state index is 5.81. The summed E-state index contributed by atoms with van der Waals surface area (Å²) >= 11 is 3.46. The van der Waals surface area contributed by atoms with Gasteiger partial charge in [0.1, 0.15) is 0 Å². The first-order valence-corrected chi connectivity index (χ1v) is 8.68. The minimum Gasteiger partial charge on any atom is -0.372 e. The summed E-state index contributed by atoms with van der Waals surface area (Å²) < 4.78 is 6.90. The third kappa shape index (κ3) is 4.44. The molecule has 0 amide bonds. The topological polar surface area (TPSA) is 9.23 Å². The fraction of sp³-hybridized carbons (Fsp3) is 0.0909. The molecule has 0 radical (unpaired) electrons. The number of rotatable bonds is 6. The highest BCUT2D eigenvalue weighted by molar-refractivity contribution is 9.10. The molecule has 24 heavy (non-hydrogen) atoms. The SMILES string of the molecule is C=Cc1ccc(COCc2ccc(-c3ccc(Br)cc3)cc2)cc1. The van der Waals surface area contributed by atoms with Crippen molar-refractivity contribution in [1.29, 1.82) is 0 Å². The van der Waals surface area contributed by atoms with E-state index < -0.39 is 0 Å². The van der Waals surface area contributed by atoms with Crippen LogP contribution in [0.15, 0.2) is 83.8 Å². The van der Waals surface area contributed by atoms with E-state index in [-0.39, 0.29) is 0 Å². The van der Waals surface area contributed by atoms with Gasteiger partial charge >= 0.3 is 0 Å². The summed E-state index contributed by atoms with van der Waals surface area (Å²) in [6, 6.07) is 25.1. The van der Waals surface area contributed by atoms with Gasteiger partial charge in [0, 0.05) is 4.47 Å². The largest absolute Gasteiger partial charge is 0.372 e. The number of hydrogen-bond acceptors (Lipinski definition) is 1. The van der Waals surface area contributed by atoms with Crippen LogP contribution in [-0.2, 0) is 18.0 Å². The highest BCUT2D eigenvalue weighted by Crippen LogP contribution is 2.22. The molecule has 0 saturated carbocycles. The van der Waals surface area contributed by atoms with Gasteiger partial charge in [-0.15, -0.1) is 0 Å². The Kier molecular flexibility index (Phi) is 5.63. The first-order valence-electron chi connectivity index (χ1n) is 7.88. The Morgan fingerprint density at radius 3 is 1.67 bits per heavy atom. The molecule has 0 saturated heterocycles. The van der Waals surface area contributed by atoms with Gasteiger partial charge in [-0.3, -0.25) is 0 Å². The Labute approximate surface area is 151 Å². The molecule has 0 aliphatic rings. The summed E-state index contributed by atoms with van der Waals surface area (Å²) in [5.74, 6) is 0. The average Bonchev–Trinajstić information content (AvgIpc) is 2.64. The van der Waals surface area contributed by atoms with Gasteiger partial charge in [0.05, 0.1) is 13.2 Å². The van der Waals surface area contributed by atoms with Crippen LogP contribution in [0.4, 0.5) is 0 Å². The fourth-order valence-electron chi connectivity index (χ4n) is 2.47. The van der Waals surface area contributed by atoms with E-state index >= 15 is 0 Å². The molecule has 2 heteroatoms. The van der Waals surface area contributed by atoms with Gasteiger partial charge in [0.2, 0.25) is 0 Å². The predicted molar refractivity (Wildman–Crippen MR) is 105 cm³/mol. The fourth-order valence-corrected chi connectivity index (χ4v) is 2.74. The molecule has 0 atom stereocenters. The van der Waals surface area contributed by atoms with Gasteiger partial charge in [0.25, 0.3) is 0 Å². The number of hydrogen-bond donors (Lipinski definition) is 0. The van der Waals surface area contributed by atoms with Crippen LogP contribution in [-0.4, -0.2) is 0 Å². The van der Waals surface area contributed by atoms with Crippen molar-refractivity contribution in [3.63, 3.8) is 0 Å². The molecule has 0 heterocycles. The molecular formula is C22H19BrO. The lowest BCUT2D eigenvalue weighted by atomic mass is 10.0. The Morgan fingerprint density at radius 1 is 0.708 bits per heavy atom. The third-order valence-corrected chi connectivity index (χ3v) is 4.41. The van der Waals surface area contributed by atoms with Gasteiger partial charge < -0.3 is 4.74 Å². The highest BCUT2D eigenvalue weighted by Gasteiger charge is 2.00. The molecule has 0 bridgehead atoms. The Balaban J connectivity index is 1.56. The summed E-state index contributed by atoms with van der Waals surface area (Å²) in [6.45, 7) is 4.99. The Morgan fingerprint density at radius 2 is 1.17 bits per heavy atom. The monoisotopic (exact) mass is 378 g/mol. The zero-order valence-corrected chi connectivity index (χ0v) is 15.0.